The smallest absolute Gasteiger partial charge is 0.408 e. The molecule has 2 aliphatic heterocycles. The van der Waals surface area contributed by atoms with E-state index >= 15 is 4.79 Å². The highest BCUT2D eigenvalue weighted by atomic mass is 32.2. The molecule has 9 rings (SSSR count). The second-order valence-corrected chi connectivity index (χ2v) is 21.6. The number of sulfonamides is 1. The van der Waals surface area contributed by atoms with Gasteiger partial charge in [-0.05, 0) is 142 Å². The molecule has 0 spiro atoms. The fourth-order valence-electron chi connectivity index (χ4n) is 10.5. The van der Waals surface area contributed by atoms with Gasteiger partial charge in [-0.25, -0.2) is 22.6 Å². The number of carbonyl (C=O) groups is 4. The predicted molar refractivity (Wildman–Crippen MR) is 231 cm³/mol. The number of allylic oxidation sites excluding steroid dienone is 1. The van der Waals surface area contributed by atoms with E-state index in [-0.39, 0.29) is 37.2 Å². The molecule has 4 amide bonds. The zero-order chi connectivity index (χ0) is 44.6. The first-order valence-electron chi connectivity index (χ1n) is 22.3. The molecule has 1 saturated heterocycles. The largest absolute Gasteiger partial charge is 0.497 e. The molecular formula is C47H56FN5O9S. The Labute approximate surface area is 367 Å². The molecule has 10 atom stereocenters. The van der Waals surface area contributed by atoms with Crippen molar-refractivity contribution in [3.63, 3.8) is 0 Å². The number of carbonyl (C=O) groups excluding carboxylic acids is 3. The molecule has 14 nitrogen and oxygen atoms in total. The third-order valence-corrected chi connectivity index (χ3v) is 16.9. The van der Waals surface area contributed by atoms with Gasteiger partial charge in [0.05, 0.1) is 24.1 Å². The lowest BCUT2D eigenvalue weighted by Gasteiger charge is -2.40. The maximum atomic E-state index is 15.4. The molecule has 5 fully saturated rings. The minimum absolute atomic E-state index is 0.0373. The number of nitrogens with zero attached hydrogens (tertiary/aromatic N) is 3. The normalized spacial score (nSPS) is 32.8. The summed E-state index contributed by atoms with van der Waals surface area (Å²) in [5, 5.41) is 15.2. The fraction of sp³-hybridized carbons (Fsp3) is 0.553. The van der Waals surface area contributed by atoms with Crippen molar-refractivity contribution >= 4 is 44.6 Å². The molecule has 0 bridgehead atoms. The van der Waals surface area contributed by atoms with Gasteiger partial charge in [0.15, 0.2) is 0 Å². The van der Waals surface area contributed by atoms with E-state index in [0.717, 1.165) is 12.8 Å². The van der Waals surface area contributed by atoms with Crippen LogP contribution in [0.2, 0.25) is 0 Å². The highest BCUT2D eigenvalue weighted by molar-refractivity contribution is 7.91. The SMILES string of the molecule is COc1ccc2c(O[C@@H]3C[C@H]4C(=O)N[C@]5(C(=O)NS(=O)(=O)C6(C)CC6)C[C@H]5/C=C\CC[C@@H](C)C[C@@H](C)[C@H](N(C(=O)O)C5CC6C[C@H]6C5)C(=O)N4C3)nc(-c3ccc(F)cc3)cc2c1. The van der Waals surface area contributed by atoms with Crippen LogP contribution in [0.4, 0.5) is 9.18 Å². The number of aromatic nitrogens is 1. The van der Waals surface area contributed by atoms with Crippen LogP contribution in [-0.4, -0.2) is 100 Å². The number of ether oxygens (including phenoxy) is 2. The van der Waals surface area contributed by atoms with Gasteiger partial charge in [0.1, 0.15) is 35.3 Å². The van der Waals surface area contributed by atoms with Gasteiger partial charge in [0.2, 0.25) is 27.7 Å². The summed E-state index contributed by atoms with van der Waals surface area (Å²) in [6, 6.07) is 10.4. The van der Waals surface area contributed by atoms with Crippen LogP contribution in [0, 0.1) is 35.4 Å². The van der Waals surface area contributed by atoms with Crippen molar-refractivity contribution < 1.29 is 46.6 Å². The van der Waals surface area contributed by atoms with E-state index in [0.29, 0.717) is 78.1 Å². The van der Waals surface area contributed by atoms with Crippen LogP contribution >= 0.6 is 0 Å². The molecule has 2 aromatic carbocycles. The molecule has 6 aliphatic rings. The van der Waals surface area contributed by atoms with E-state index < -0.39 is 80.0 Å². The van der Waals surface area contributed by atoms with Crippen LogP contribution in [0.25, 0.3) is 22.0 Å². The number of fused-ring (bicyclic) bond motifs is 4. The number of carboxylic acid groups (broad SMARTS) is 1. The van der Waals surface area contributed by atoms with Crippen molar-refractivity contribution in [3.8, 4) is 22.9 Å². The summed E-state index contributed by atoms with van der Waals surface area (Å²) in [5.74, 6) is -1.57. The van der Waals surface area contributed by atoms with E-state index in [2.05, 4.69) is 17.0 Å². The molecule has 63 heavy (non-hydrogen) atoms. The van der Waals surface area contributed by atoms with E-state index in [9.17, 15) is 32.3 Å². The monoisotopic (exact) mass is 885 g/mol. The van der Waals surface area contributed by atoms with Crippen molar-refractivity contribution in [1.29, 1.82) is 0 Å². The number of pyridine rings is 1. The Morgan fingerprint density at radius 2 is 1.75 bits per heavy atom. The van der Waals surface area contributed by atoms with Gasteiger partial charge >= 0.3 is 6.09 Å². The van der Waals surface area contributed by atoms with Crippen LogP contribution < -0.4 is 19.5 Å². The number of benzene rings is 2. The Morgan fingerprint density at radius 3 is 2.43 bits per heavy atom. The molecular weight excluding hydrogens is 830 g/mol. The quantitative estimate of drug-likeness (QED) is 0.203. The van der Waals surface area contributed by atoms with Gasteiger partial charge in [-0.15, -0.1) is 0 Å². The third-order valence-electron chi connectivity index (χ3n) is 14.8. The second kappa shape index (κ2) is 16.1. The molecule has 2 unspecified atom stereocenters. The minimum Gasteiger partial charge on any atom is -0.497 e. The summed E-state index contributed by atoms with van der Waals surface area (Å²) in [5.41, 5.74) is -0.479. The van der Waals surface area contributed by atoms with Gasteiger partial charge in [-0.2, -0.15) is 0 Å². The molecule has 4 saturated carbocycles. The second-order valence-electron chi connectivity index (χ2n) is 19.4. The average Bonchev–Trinajstić information content (AvgIpc) is 4.20. The number of methoxy groups -OCH3 is 1. The summed E-state index contributed by atoms with van der Waals surface area (Å²) in [6.07, 6.45) is 7.12. The molecule has 336 valence electrons. The maximum absolute atomic E-state index is 15.4. The minimum atomic E-state index is -4.05. The van der Waals surface area contributed by atoms with E-state index in [1.807, 2.05) is 31.2 Å². The molecule has 4 aliphatic carbocycles. The van der Waals surface area contributed by atoms with Crippen LogP contribution in [0.1, 0.15) is 85.0 Å². The summed E-state index contributed by atoms with van der Waals surface area (Å²) in [4.78, 5) is 65.5. The van der Waals surface area contributed by atoms with E-state index in [4.69, 9.17) is 14.5 Å². The average molecular weight is 886 g/mol. The summed E-state index contributed by atoms with van der Waals surface area (Å²) in [6.45, 7) is 5.48. The first-order chi connectivity index (χ1) is 30.0. The molecule has 1 aromatic heterocycles. The number of amides is 4. The number of hydrogen-bond donors (Lipinski definition) is 3. The lowest BCUT2D eigenvalue weighted by Crippen LogP contribution is -2.61. The van der Waals surface area contributed by atoms with Gasteiger partial charge in [0, 0.05) is 29.3 Å². The third kappa shape index (κ3) is 8.23. The van der Waals surface area contributed by atoms with Crippen LogP contribution in [-0.2, 0) is 24.4 Å². The molecule has 16 heteroatoms. The zero-order valence-electron chi connectivity index (χ0n) is 36.1. The van der Waals surface area contributed by atoms with Gasteiger partial charge in [-0.3, -0.25) is 24.0 Å². The Balaban J connectivity index is 1.10. The summed E-state index contributed by atoms with van der Waals surface area (Å²) >= 11 is 0. The predicted octanol–water partition coefficient (Wildman–Crippen LogP) is 6.43. The number of halogens is 1. The van der Waals surface area contributed by atoms with Crippen molar-refractivity contribution in [2.45, 2.75) is 119 Å². The standard InChI is InChI=1S/C47H56FN5O9S/c1-26-7-5-6-8-32-24-47(32,44(56)51-63(59,60)46(3)15-16-46)50-41(54)39-23-36(25-52(39)43(55)40(27(2)17-26)53(45(57)58)34-19-29-18-30(29)20-34)62-42-37-14-13-35(61-4)21-31(37)22-38(49-42)28-9-11-33(48)12-10-28/h6,8-14,21-22,26-27,29-30,32,34,36,39-40H,5,7,15-20,23-25H2,1-4H3,(H,50,54)(H,51,56)(H,57,58)/b8-6-/t26-,27-,29+,30?,32-,34?,36-,39+,40+,47-/m1/s1. The zero-order valence-corrected chi connectivity index (χ0v) is 36.9. The topological polar surface area (TPSA) is 185 Å². The molecule has 3 N–H and O–H groups in total. The van der Waals surface area contributed by atoms with Crippen molar-refractivity contribution in [1.82, 2.24) is 24.8 Å². The number of nitrogens with one attached hydrogen (secondary N) is 2. The highest BCUT2D eigenvalue weighted by Crippen LogP contribution is 2.54. The number of rotatable bonds is 9. The fourth-order valence-corrected chi connectivity index (χ4v) is 11.8. The van der Waals surface area contributed by atoms with E-state index in [1.54, 1.807) is 38.3 Å². The number of hydrogen-bond acceptors (Lipinski definition) is 9. The Bertz CT molecular complexity index is 2470. The van der Waals surface area contributed by atoms with Crippen LogP contribution in [0.5, 0.6) is 11.6 Å². The van der Waals surface area contributed by atoms with Crippen LogP contribution in [0.3, 0.4) is 0 Å². The van der Waals surface area contributed by atoms with Gasteiger partial charge < -0.3 is 24.8 Å². The van der Waals surface area contributed by atoms with Crippen molar-refractivity contribution in [3.05, 3.63) is 66.5 Å². The summed E-state index contributed by atoms with van der Waals surface area (Å²) < 4.78 is 54.1. The Kier molecular flexibility index (Phi) is 11.0. The van der Waals surface area contributed by atoms with Gasteiger partial charge in [-0.1, -0.05) is 26.0 Å². The lowest BCUT2D eigenvalue weighted by molar-refractivity contribution is -0.145. The summed E-state index contributed by atoms with van der Waals surface area (Å²) in [7, 11) is -2.50. The van der Waals surface area contributed by atoms with E-state index in [1.165, 1.54) is 21.9 Å². The molecule has 3 aromatic rings. The van der Waals surface area contributed by atoms with Crippen LogP contribution in [0.15, 0.2) is 60.7 Å². The Hall–Kier alpha value is -5.25. The lowest BCUT2D eigenvalue weighted by atomic mass is 9.86. The first-order valence-corrected chi connectivity index (χ1v) is 23.8. The Morgan fingerprint density at radius 1 is 1.02 bits per heavy atom. The molecule has 0 radical (unpaired) electrons. The first kappa shape index (κ1) is 43.0. The molecule has 3 heterocycles. The highest BCUT2D eigenvalue weighted by Gasteiger charge is 2.63. The van der Waals surface area contributed by atoms with Crippen molar-refractivity contribution in [2.24, 2.45) is 29.6 Å². The van der Waals surface area contributed by atoms with Gasteiger partial charge in [0.25, 0.3) is 5.91 Å². The maximum Gasteiger partial charge on any atom is 0.408 e. The van der Waals surface area contributed by atoms with Crippen molar-refractivity contribution in [2.75, 3.05) is 13.7 Å².